The van der Waals surface area contributed by atoms with Gasteiger partial charge in [0.25, 0.3) is 0 Å². The normalized spacial score (nSPS) is 10.4. The number of fused-ring (bicyclic) bond motifs is 1. The quantitative estimate of drug-likeness (QED) is 0.562. The van der Waals surface area contributed by atoms with Crippen LogP contribution in [-0.4, -0.2) is 15.8 Å². The Morgan fingerprint density at radius 2 is 1.80 bits per heavy atom. The number of para-hydroxylation sites is 1. The molecule has 5 heteroatoms. The molecule has 3 aromatic rings. The number of amidine groups is 1. The van der Waals surface area contributed by atoms with Gasteiger partial charge in [-0.25, -0.2) is 4.98 Å². The summed E-state index contributed by atoms with van der Waals surface area (Å²) in [4.78, 5) is 8.37. The van der Waals surface area contributed by atoms with E-state index in [1.165, 1.54) is 6.20 Å². The number of nitrogens with one attached hydrogen (secondary N) is 1. The lowest BCUT2D eigenvalue weighted by atomic mass is 10.2. The molecule has 0 aliphatic rings. The van der Waals surface area contributed by atoms with Crippen LogP contribution in [0, 0.1) is 5.41 Å². The summed E-state index contributed by atoms with van der Waals surface area (Å²) < 4.78 is 5.68. The molecule has 0 atom stereocenters. The zero-order valence-electron chi connectivity index (χ0n) is 10.6. The van der Waals surface area contributed by atoms with Crippen molar-refractivity contribution in [2.24, 2.45) is 5.73 Å². The van der Waals surface area contributed by atoms with Gasteiger partial charge in [0.15, 0.2) is 0 Å². The number of nitrogens with two attached hydrogens (primary N) is 1. The maximum Gasteiger partial charge on any atom is 0.146 e. The first-order chi connectivity index (χ1) is 9.72. The number of nitrogens with zero attached hydrogens (tertiary/aromatic N) is 2. The van der Waals surface area contributed by atoms with Gasteiger partial charge in [0.1, 0.15) is 23.0 Å². The topological polar surface area (TPSA) is 84.9 Å². The van der Waals surface area contributed by atoms with Gasteiger partial charge in [-0.1, -0.05) is 18.2 Å². The number of aromatic nitrogens is 2. The molecular weight excluding hydrogens is 252 g/mol. The van der Waals surface area contributed by atoms with E-state index in [0.29, 0.717) is 17.2 Å². The zero-order valence-corrected chi connectivity index (χ0v) is 10.6. The minimum Gasteiger partial charge on any atom is -0.454 e. The number of pyridine rings is 2. The molecule has 98 valence electrons. The SMILES string of the molecule is N=C(N)c1ccc(Oc2cnc3ccccc3c2)cn1. The fourth-order valence-electron chi connectivity index (χ4n) is 1.84. The fourth-order valence-corrected chi connectivity index (χ4v) is 1.84. The van der Waals surface area contributed by atoms with Gasteiger partial charge in [-0.2, -0.15) is 0 Å². The molecule has 0 bridgehead atoms. The Morgan fingerprint density at radius 3 is 2.55 bits per heavy atom. The number of ether oxygens (including phenoxy) is 1. The summed E-state index contributed by atoms with van der Waals surface area (Å²) >= 11 is 0. The molecule has 2 aromatic heterocycles. The highest BCUT2D eigenvalue weighted by Crippen LogP contribution is 2.23. The van der Waals surface area contributed by atoms with Crippen molar-refractivity contribution in [3.8, 4) is 11.5 Å². The van der Waals surface area contributed by atoms with E-state index in [0.717, 1.165) is 10.9 Å². The predicted octanol–water partition coefficient (Wildman–Crippen LogP) is 2.71. The van der Waals surface area contributed by atoms with Crippen LogP contribution in [0.4, 0.5) is 0 Å². The van der Waals surface area contributed by atoms with Crippen molar-refractivity contribution in [2.75, 3.05) is 0 Å². The average Bonchev–Trinajstić information content (AvgIpc) is 2.48. The van der Waals surface area contributed by atoms with Crippen LogP contribution in [0.2, 0.25) is 0 Å². The standard InChI is InChI=1S/C15H12N4O/c16-15(17)14-6-5-11(8-19-14)20-12-7-10-3-1-2-4-13(10)18-9-12/h1-9H,(H3,16,17). The van der Waals surface area contributed by atoms with Crippen molar-refractivity contribution < 1.29 is 4.74 Å². The molecule has 0 radical (unpaired) electrons. The lowest BCUT2D eigenvalue weighted by molar-refractivity contribution is 0.479. The summed E-state index contributed by atoms with van der Waals surface area (Å²) in [6.45, 7) is 0. The number of hydrogen-bond donors (Lipinski definition) is 2. The molecule has 0 aliphatic carbocycles. The Hall–Kier alpha value is -2.95. The molecule has 0 aliphatic heterocycles. The molecule has 5 nitrogen and oxygen atoms in total. The molecule has 3 N–H and O–H groups in total. The van der Waals surface area contributed by atoms with E-state index in [2.05, 4.69) is 9.97 Å². The summed E-state index contributed by atoms with van der Waals surface area (Å²) in [6.07, 6.45) is 3.20. The summed E-state index contributed by atoms with van der Waals surface area (Å²) in [5.41, 5.74) is 6.69. The van der Waals surface area contributed by atoms with Crippen molar-refractivity contribution in [3.63, 3.8) is 0 Å². The predicted molar refractivity (Wildman–Crippen MR) is 77.1 cm³/mol. The van der Waals surface area contributed by atoms with E-state index < -0.39 is 0 Å². The first kappa shape index (κ1) is 12.1. The first-order valence-electron chi connectivity index (χ1n) is 6.05. The largest absolute Gasteiger partial charge is 0.454 e. The van der Waals surface area contributed by atoms with Crippen molar-refractivity contribution in [1.29, 1.82) is 5.41 Å². The van der Waals surface area contributed by atoms with Crippen LogP contribution in [0.15, 0.2) is 54.9 Å². The van der Waals surface area contributed by atoms with Gasteiger partial charge in [0.05, 0.1) is 17.9 Å². The average molecular weight is 264 g/mol. The summed E-state index contributed by atoms with van der Waals surface area (Å²) in [5.74, 6) is 1.15. The van der Waals surface area contributed by atoms with Crippen LogP contribution in [0.25, 0.3) is 10.9 Å². The Balaban J connectivity index is 1.87. The monoisotopic (exact) mass is 264 g/mol. The van der Waals surface area contributed by atoms with Crippen LogP contribution in [0.3, 0.4) is 0 Å². The Bertz CT molecular complexity index is 768. The molecule has 1 aromatic carbocycles. The Labute approximate surface area is 115 Å². The summed E-state index contributed by atoms with van der Waals surface area (Å²) in [6, 6.07) is 13.1. The molecule has 0 saturated heterocycles. The number of nitrogen functional groups attached to an aromatic ring is 1. The summed E-state index contributed by atoms with van der Waals surface area (Å²) in [7, 11) is 0. The third-order valence-electron chi connectivity index (χ3n) is 2.81. The van der Waals surface area contributed by atoms with E-state index in [4.69, 9.17) is 15.9 Å². The van der Waals surface area contributed by atoms with Gasteiger partial charge < -0.3 is 10.5 Å². The molecule has 3 rings (SSSR count). The minimum atomic E-state index is -0.0658. The number of hydrogen-bond acceptors (Lipinski definition) is 4. The van der Waals surface area contributed by atoms with E-state index in [9.17, 15) is 0 Å². The second-order valence-corrected chi connectivity index (χ2v) is 4.26. The van der Waals surface area contributed by atoms with Crippen LogP contribution in [-0.2, 0) is 0 Å². The highest BCUT2D eigenvalue weighted by molar-refractivity contribution is 5.92. The third kappa shape index (κ3) is 2.42. The van der Waals surface area contributed by atoms with Crippen LogP contribution < -0.4 is 10.5 Å². The maximum atomic E-state index is 7.28. The first-order valence-corrected chi connectivity index (χ1v) is 6.05. The van der Waals surface area contributed by atoms with Gasteiger partial charge in [-0.15, -0.1) is 0 Å². The van der Waals surface area contributed by atoms with E-state index in [-0.39, 0.29) is 5.84 Å². The fraction of sp³-hybridized carbons (Fsp3) is 0. The van der Waals surface area contributed by atoms with Crippen molar-refractivity contribution in [2.45, 2.75) is 0 Å². The van der Waals surface area contributed by atoms with Gasteiger partial charge >= 0.3 is 0 Å². The summed E-state index contributed by atoms with van der Waals surface area (Å²) in [5, 5.41) is 8.29. The van der Waals surface area contributed by atoms with Crippen molar-refractivity contribution >= 4 is 16.7 Å². The molecule has 0 spiro atoms. The second-order valence-electron chi connectivity index (χ2n) is 4.26. The second kappa shape index (κ2) is 4.97. The minimum absolute atomic E-state index is 0.0658. The highest BCUT2D eigenvalue weighted by atomic mass is 16.5. The van der Waals surface area contributed by atoms with Crippen LogP contribution >= 0.6 is 0 Å². The Morgan fingerprint density at radius 1 is 1.00 bits per heavy atom. The van der Waals surface area contributed by atoms with E-state index in [1.54, 1.807) is 18.3 Å². The van der Waals surface area contributed by atoms with Crippen LogP contribution in [0.5, 0.6) is 11.5 Å². The molecule has 20 heavy (non-hydrogen) atoms. The van der Waals surface area contributed by atoms with Crippen molar-refractivity contribution in [1.82, 2.24) is 9.97 Å². The molecule has 0 amide bonds. The van der Waals surface area contributed by atoms with Gasteiger partial charge in [0.2, 0.25) is 0 Å². The van der Waals surface area contributed by atoms with E-state index >= 15 is 0 Å². The molecule has 0 unspecified atom stereocenters. The molecular formula is C15H12N4O. The number of rotatable bonds is 3. The van der Waals surface area contributed by atoms with Crippen LogP contribution in [0.1, 0.15) is 5.69 Å². The molecule has 0 fully saturated rings. The van der Waals surface area contributed by atoms with Gasteiger partial charge in [0, 0.05) is 5.39 Å². The number of benzene rings is 1. The third-order valence-corrected chi connectivity index (χ3v) is 2.81. The zero-order chi connectivity index (χ0) is 13.9. The lowest BCUT2D eigenvalue weighted by Crippen LogP contribution is -2.12. The van der Waals surface area contributed by atoms with Gasteiger partial charge in [-0.3, -0.25) is 10.4 Å². The Kier molecular flexibility index (Phi) is 3.01. The highest BCUT2D eigenvalue weighted by Gasteiger charge is 2.02. The lowest BCUT2D eigenvalue weighted by Gasteiger charge is -2.06. The molecule has 0 saturated carbocycles. The van der Waals surface area contributed by atoms with E-state index in [1.807, 2.05) is 30.3 Å². The van der Waals surface area contributed by atoms with Crippen molar-refractivity contribution in [3.05, 3.63) is 60.6 Å². The maximum absolute atomic E-state index is 7.28. The van der Waals surface area contributed by atoms with Gasteiger partial charge in [-0.05, 0) is 24.3 Å². The molecule has 2 heterocycles. The smallest absolute Gasteiger partial charge is 0.146 e.